The van der Waals surface area contributed by atoms with E-state index >= 15 is 0 Å². The minimum atomic E-state index is -0.268. The maximum Gasteiger partial charge on any atom is 0.123 e. The van der Waals surface area contributed by atoms with Crippen LogP contribution in [-0.4, -0.2) is 21.4 Å². The molecule has 4 nitrogen and oxygen atoms in total. The molecular formula is C20H26FNO3. The van der Waals surface area contributed by atoms with Crippen LogP contribution in [0.3, 0.4) is 0 Å². The van der Waals surface area contributed by atoms with E-state index in [0.29, 0.717) is 17.7 Å². The van der Waals surface area contributed by atoms with Crippen LogP contribution in [0.4, 0.5) is 4.39 Å². The molecule has 0 bridgehead atoms. The third-order valence-electron chi connectivity index (χ3n) is 4.48. The number of halogens is 1. The molecule has 4 N–H and O–H groups in total. The lowest BCUT2D eigenvalue weighted by atomic mass is 9.99. The summed E-state index contributed by atoms with van der Waals surface area (Å²) in [6.07, 6.45) is 2.81. The van der Waals surface area contributed by atoms with Crippen molar-refractivity contribution in [2.75, 3.05) is 0 Å². The Morgan fingerprint density at radius 3 is 2.36 bits per heavy atom. The molecule has 0 radical (unpaired) electrons. The van der Waals surface area contributed by atoms with Crippen molar-refractivity contribution in [2.45, 2.75) is 52.0 Å². The highest BCUT2D eigenvalue weighted by atomic mass is 19.1. The minimum absolute atomic E-state index is 0.0421. The quantitative estimate of drug-likeness (QED) is 0.563. The zero-order valence-electron chi connectivity index (χ0n) is 14.5. The lowest BCUT2D eigenvalue weighted by molar-refractivity contribution is 0.267. The van der Waals surface area contributed by atoms with Gasteiger partial charge in [-0.1, -0.05) is 18.2 Å². The van der Waals surface area contributed by atoms with Crippen LogP contribution >= 0.6 is 0 Å². The van der Waals surface area contributed by atoms with Gasteiger partial charge in [-0.05, 0) is 61.1 Å². The predicted molar refractivity (Wildman–Crippen MR) is 95.6 cm³/mol. The second-order valence-electron chi connectivity index (χ2n) is 6.32. The molecule has 0 aromatic heterocycles. The average molecular weight is 347 g/mol. The van der Waals surface area contributed by atoms with Crippen molar-refractivity contribution in [1.29, 1.82) is 0 Å². The maximum atomic E-state index is 12.9. The highest BCUT2D eigenvalue weighted by Gasteiger charge is 2.13. The molecule has 2 aromatic carbocycles. The summed E-state index contributed by atoms with van der Waals surface area (Å²) in [4.78, 5) is 0. The fourth-order valence-electron chi connectivity index (χ4n) is 2.92. The SMILES string of the molecule is CC(CCCc1ccc(F)cc1)NCc1c(CO)ccc(O)c1CO. The predicted octanol–water partition coefficient (Wildman–Crippen LogP) is 3.02. The normalized spacial score (nSPS) is 12.3. The van der Waals surface area contributed by atoms with E-state index in [1.165, 1.54) is 18.2 Å². The second kappa shape index (κ2) is 9.51. The van der Waals surface area contributed by atoms with Crippen LogP contribution in [0.2, 0.25) is 0 Å². The molecule has 5 heteroatoms. The average Bonchev–Trinajstić information content (AvgIpc) is 2.61. The van der Waals surface area contributed by atoms with E-state index < -0.39 is 0 Å². The number of nitrogens with one attached hydrogen (secondary N) is 1. The molecular weight excluding hydrogens is 321 g/mol. The van der Waals surface area contributed by atoms with E-state index in [4.69, 9.17) is 0 Å². The summed E-state index contributed by atoms with van der Waals surface area (Å²) in [5, 5.41) is 32.2. The summed E-state index contributed by atoms with van der Waals surface area (Å²) in [6, 6.07) is 9.97. The Balaban J connectivity index is 1.86. The number of hydrogen-bond acceptors (Lipinski definition) is 4. The number of rotatable bonds is 9. The summed E-state index contributed by atoms with van der Waals surface area (Å²) >= 11 is 0. The molecule has 136 valence electrons. The molecule has 0 spiro atoms. The number of aliphatic hydroxyl groups is 2. The van der Waals surface area contributed by atoms with Gasteiger partial charge in [0.15, 0.2) is 0 Å². The Hall–Kier alpha value is -1.95. The monoisotopic (exact) mass is 347 g/mol. The lowest BCUT2D eigenvalue weighted by Gasteiger charge is -2.18. The van der Waals surface area contributed by atoms with E-state index in [1.807, 2.05) is 0 Å². The van der Waals surface area contributed by atoms with Crippen molar-refractivity contribution in [1.82, 2.24) is 5.32 Å². The van der Waals surface area contributed by atoms with Crippen molar-refractivity contribution in [3.8, 4) is 5.75 Å². The number of aliphatic hydroxyl groups excluding tert-OH is 2. The fraction of sp³-hybridized carbons (Fsp3) is 0.400. The van der Waals surface area contributed by atoms with Crippen molar-refractivity contribution < 1.29 is 19.7 Å². The van der Waals surface area contributed by atoms with Crippen LogP contribution in [0.25, 0.3) is 0 Å². The zero-order valence-corrected chi connectivity index (χ0v) is 14.5. The third kappa shape index (κ3) is 5.53. The smallest absolute Gasteiger partial charge is 0.123 e. The second-order valence-corrected chi connectivity index (χ2v) is 6.32. The maximum absolute atomic E-state index is 12.9. The van der Waals surface area contributed by atoms with Crippen LogP contribution in [0.5, 0.6) is 5.75 Å². The van der Waals surface area contributed by atoms with Gasteiger partial charge in [-0.25, -0.2) is 4.39 Å². The number of phenols is 1. The lowest BCUT2D eigenvalue weighted by Crippen LogP contribution is -2.26. The first kappa shape index (κ1) is 19.4. The van der Waals surface area contributed by atoms with Crippen molar-refractivity contribution >= 4 is 0 Å². The van der Waals surface area contributed by atoms with Gasteiger partial charge in [-0.15, -0.1) is 0 Å². The molecule has 0 saturated carbocycles. The van der Waals surface area contributed by atoms with E-state index in [2.05, 4.69) is 12.2 Å². The molecule has 1 atom stereocenters. The Labute approximate surface area is 148 Å². The van der Waals surface area contributed by atoms with Gasteiger partial charge in [0.05, 0.1) is 13.2 Å². The van der Waals surface area contributed by atoms with Gasteiger partial charge in [0.25, 0.3) is 0 Å². The number of aryl methyl sites for hydroxylation is 1. The first-order valence-corrected chi connectivity index (χ1v) is 8.57. The van der Waals surface area contributed by atoms with Crippen LogP contribution in [0, 0.1) is 5.82 Å². The van der Waals surface area contributed by atoms with Crippen LogP contribution in [0.1, 0.15) is 42.0 Å². The highest BCUT2D eigenvalue weighted by Crippen LogP contribution is 2.25. The van der Waals surface area contributed by atoms with Crippen LogP contribution in [0.15, 0.2) is 36.4 Å². The van der Waals surface area contributed by atoms with Gasteiger partial charge >= 0.3 is 0 Å². The van der Waals surface area contributed by atoms with Gasteiger partial charge in [0.2, 0.25) is 0 Å². The number of benzene rings is 2. The first-order valence-electron chi connectivity index (χ1n) is 8.57. The molecule has 25 heavy (non-hydrogen) atoms. The van der Waals surface area contributed by atoms with Crippen molar-refractivity contribution in [2.24, 2.45) is 0 Å². The Morgan fingerprint density at radius 1 is 1.00 bits per heavy atom. The van der Waals surface area contributed by atoms with Gasteiger partial charge in [0, 0.05) is 18.2 Å². The van der Waals surface area contributed by atoms with Crippen molar-refractivity contribution in [3.05, 3.63) is 64.5 Å². The van der Waals surface area contributed by atoms with Gasteiger partial charge in [0.1, 0.15) is 11.6 Å². The Morgan fingerprint density at radius 2 is 1.72 bits per heavy atom. The summed E-state index contributed by atoms with van der Waals surface area (Å²) in [7, 11) is 0. The van der Waals surface area contributed by atoms with Crippen LogP contribution < -0.4 is 5.32 Å². The summed E-state index contributed by atoms with van der Waals surface area (Å²) in [5.41, 5.74) is 3.02. The zero-order chi connectivity index (χ0) is 18.2. The van der Waals surface area contributed by atoms with E-state index in [0.717, 1.165) is 30.4 Å². The van der Waals surface area contributed by atoms with Gasteiger partial charge in [-0.2, -0.15) is 0 Å². The third-order valence-corrected chi connectivity index (χ3v) is 4.48. The van der Waals surface area contributed by atoms with Crippen LogP contribution in [-0.2, 0) is 26.2 Å². The van der Waals surface area contributed by atoms with E-state index in [9.17, 15) is 19.7 Å². The molecule has 0 amide bonds. The molecule has 2 aromatic rings. The molecule has 0 fully saturated rings. The first-order chi connectivity index (χ1) is 12.0. The highest BCUT2D eigenvalue weighted by molar-refractivity contribution is 5.44. The largest absolute Gasteiger partial charge is 0.508 e. The molecule has 2 rings (SSSR count). The van der Waals surface area contributed by atoms with Gasteiger partial charge in [-0.3, -0.25) is 0 Å². The fourth-order valence-corrected chi connectivity index (χ4v) is 2.92. The molecule has 1 unspecified atom stereocenters. The van der Waals surface area contributed by atoms with Gasteiger partial charge < -0.3 is 20.6 Å². The summed E-state index contributed by atoms with van der Waals surface area (Å²) in [5.74, 6) is -0.176. The van der Waals surface area contributed by atoms with Crippen molar-refractivity contribution in [3.63, 3.8) is 0 Å². The molecule has 0 aliphatic carbocycles. The molecule has 0 saturated heterocycles. The van der Waals surface area contributed by atoms with E-state index in [-0.39, 0.29) is 30.8 Å². The summed E-state index contributed by atoms with van der Waals surface area (Å²) < 4.78 is 12.9. The minimum Gasteiger partial charge on any atom is -0.508 e. The topological polar surface area (TPSA) is 72.7 Å². The number of hydrogen-bond donors (Lipinski definition) is 4. The Bertz CT molecular complexity index is 673. The molecule has 0 heterocycles. The standard InChI is InChI=1S/C20H26FNO3/c1-14(3-2-4-15-5-8-17(21)9-6-15)22-11-18-16(12-23)7-10-20(25)19(18)13-24/h5-10,14,22-25H,2-4,11-13H2,1H3. The Kier molecular flexibility index (Phi) is 7.37. The summed E-state index contributed by atoms with van der Waals surface area (Å²) in [6.45, 7) is 2.14. The molecule has 0 aliphatic heterocycles. The number of aromatic hydroxyl groups is 1. The molecule has 0 aliphatic rings. The van der Waals surface area contributed by atoms with E-state index in [1.54, 1.807) is 18.2 Å².